The van der Waals surface area contributed by atoms with Crippen LogP contribution in [-0.4, -0.2) is 24.0 Å². The number of ether oxygens (including phenoxy) is 1. The highest BCUT2D eigenvalue weighted by Crippen LogP contribution is 2.38. The van der Waals surface area contributed by atoms with Gasteiger partial charge >= 0.3 is 11.2 Å². The van der Waals surface area contributed by atoms with E-state index in [-0.39, 0.29) is 5.13 Å². The van der Waals surface area contributed by atoms with E-state index in [1.165, 1.54) is 11.3 Å². The lowest BCUT2D eigenvalue weighted by Crippen LogP contribution is -2.63. The molecule has 0 fully saturated rings. The van der Waals surface area contributed by atoms with Crippen LogP contribution < -0.4 is 20.5 Å². The number of hydrogen-bond donors (Lipinski definition) is 2. The predicted molar refractivity (Wildman–Crippen MR) is 135 cm³/mol. The fourth-order valence-corrected chi connectivity index (χ4v) is 4.48. The van der Waals surface area contributed by atoms with Gasteiger partial charge in [-0.25, -0.2) is 4.79 Å². The van der Waals surface area contributed by atoms with Gasteiger partial charge in [0, 0.05) is 33.7 Å². The van der Waals surface area contributed by atoms with E-state index < -0.39 is 16.5 Å². The Morgan fingerprint density at radius 2 is 1.65 bits per heavy atom. The molecule has 1 unspecified atom stereocenters. The molecule has 0 aliphatic heterocycles. The predicted octanol–water partition coefficient (Wildman–Crippen LogP) is 5.84. The molecule has 0 spiro atoms. The number of rotatable bonds is 5. The minimum Gasteiger partial charge on any atom is -0.497 e. The highest BCUT2D eigenvalue weighted by molar-refractivity contribution is 7.14. The number of amides is 3. The summed E-state index contributed by atoms with van der Waals surface area (Å²) in [4.78, 5) is 31.0. The van der Waals surface area contributed by atoms with E-state index in [4.69, 9.17) is 27.1 Å². The van der Waals surface area contributed by atoms with Gasteiger partial charge in [-0.3, -0.25) is 4.79 Å². The lowest BCUT2D eigenvalue weighted by molar-refractivity contribution is 0.0881. The fourth-order valence-electron chi connectivity index (χ4n) is 3.40. The summed E-state index contributed by atoms with van der Waals surface area (Å²) in [5.74, 6) is 0.239. The monoisotopic (exact) mass is 493 g/mol. The van der Waals surface area contributed by atoms with Crippen molar-refractivity contribution in [3.63, 3.8) is 0 Å². The molecule has 0 bridgehead atoms. The second kappa shape index (κ2) is 9.64. The molecule has 0 aliphatic carbocycles. The molecule has 0 radical (unpaired) electrons. The second-order valence-corrected chi connectivity index (χ2v) is 8.81. The van der Waals surface area contributed by atoms with E-state index in [1.54, 1.807) is 48.9 Å². The average molecular weight is 494 g/mol. The van der Waals surface area contributed by atoms with Crippen LogP contribution in [0.4, 0.5) is 15.6 Å². The highest BCUT2D eigenvalue weighted by Gasteiger charge is 2.46. The van der Waals surface area contributed by atoms with Crippen molar-refractivity contribution >= 4 is 45.7 Å². The molecule has 4 rings (SSSR count). The third-order valence-corrected chi connectivity index (χ3v) is 6.46. The largest absolute Gasteiger partial charge is 0.497 e. The van der Waals surface area contributed by atoms with Crippen molar-refractivity contribution in [1.82, 2.24) is 15.0 Å². The van der Waals surface area contributed by atoms with Gasteiger partial charge in [0.15, 0.2) is 5.69 Å². The van der Waals surface area contributed by atoms with Crippen LogP contribution in [-0.2, 0) is 0 Å². The van der Waals surface area contributed by atoms with E-state index in [0.29, 0.717) is 27.7 Å². The number of quaternary nitrogens is 1. The summed E-state index contributed by atoms with van der Waals surface area (Å²) in [6, 6.07) is 20.1. The van der Waals surface area contributed by atoms with Crippen LogP contribution in [0, 0.1) is 6.92 Å². The Bertz CT molecular complexity index is 1320. The van der Waals surface area contributed by atoms with E-state index >= 15 is 0 Å². The van der Waals surface area contributed by atoms with Gasteiger partial charge in [-0.1, -0.05) is 40.6 Å². The molecule has 1 heterocycles. The number of primary amides is 1. The van der Waals surface area contributed by atoms with Gasteiger partial charge in [0.1, 0.15) is 5.75 Å². The van der Waals surface area contributed by atoms with Gasteiger partial charge in [0.2, 0.25) is 0 Å². The first-order chi connectivity index (χ1) is 16.3. The molecule has 3 aromatic carbocycles. The summed E-state index contributed by atoms with van der Waals surface area (Å²) in [5.41, 5.74) is 12.0. The summed E-state index contributed by atoms with van der Waals surface area (Å²) in [5, 5.41) is 2.57. The molecule has 0 aliphatic rings. The number of urea groups is 1. The minimum absolute atomic E-state index is 0.279. The fraction of sp³-hybridized carbons (Fsp3) is 0.0800. The van der Waals surface area contributed by atoms with Crippen molar-refractivity contribution in [2.45, 2.75) is 6.92 Å². The first-order valence-corrected chi connectivity index (χ1v) is 11.5. The number of carbonyl (C=O) groups excluding carboxylic acids is 2. The van der Waals surface area contributed by atoms with E-state index in [1.807, 2.05) is 43.3 Å². The Labute approximate surface area is 205 Å². The Morgan fingerprint density at radius 3 is 2.24 bits per heavy atom. The molecule has 1 aromatic heterocycles. The summed E-state index contributed by atoms with van der Waals surface area (Å²) >= 11 is 7.29. The number of halogens is 1. The number of nitrogens with two attached hydrogens (primary N) is 1. The maximum atomic E-state index is 13.2. The number of carbonyl (C=O) groups is 2. The number of aryl methyl sites for hydroxylation is 1. The number of thiazole rings is 1. The molecule has 0 saturated carbocycles. The van der Waals surface area contributed by atoms with Crippen molar-refractivity contribution < 1.29 is 14.3 Å². The van der Waals surface area contributed by atoms with Gasteiger partial charge in [-0.2, -0.15) is 10.4 Å². The summed E-state index contributed by atoms with van der Waals surface area (Å²) in [6.45, 7) is 1.93. The van der Waals surface area contributed by atoms with Crippen LogP contribution in [0.5, 0.6) is 5.75 Å². The Balaban J connectivity index is 1.82. The average Bonchev–Trinajstić information content (AvgIpc) is 3.34. The van der Waals surface area contributed by atoms with Gasteiger partial charge in [0.25, 0.3) is 5.91 Å². The van der Waals surface area contributed by atoms with Crippen molar-refractivity contribution in [1.29, 1.82) is 0 Å². The molecule has 7 nitrogen and oxygen atoms in total. The number of hydrogen-bond acceptors (Lipinski definition) is 5. The zero-order valence-electron chi connectivity index (χ0n) is 18.5. The topological polar surface area (TPSA) is 94.3 Å². The van der Waals surface area contributed by atoms with E-state index in [0.717, 1.165) is 11.1 Å². The standard InChI is InChI=1S/C25H21ClN4O3S/c1-16-3-5-18(6-4-16)23(31)29-30(24(27)32,20-11-9-19(26)10-12-20)25-28-22(15-34-25)17-7-13-21(33-2)14-8-17/h3-15H,1-2H3,(H2-,27,29,31,32)/p+1. The van der Waals surface area contributed by atoms with Crippen LogP contribution in [0.1, 0.15) is 15.9 Å². The molecule has 3 N–H and O–H groups in total. The third-order valence-electron chi connectivity index (χ3n) is 5.29. The SMILES string of the molecule is COc1ccc(-c2csc([N+](NC(=O)c3ccc(C)cc3)(C(N)=O)c3ccc(Cl)cc3)n2)cc1. The first kappa shape index (κ1) is 23.4. The molecular formula is C25H22ClN4O3S+. The lowest BCUT2D eigenvalue weighted by atomic mass is 10.1. The molecular weight excluding hydrogens is 472 g/mol. The smallest absolute Gasteiger partial charge is 0.451 e. The van der Waals surface area contributed by atoms with Crippen LogP contribution in [0.25, 0.3) is 11.3 Å². The number of methoxy groups -OCH3 is 1. The first-order valence-electron chi connectivity index (χ1n) is 10.3. The Kier molecular flexibility index (Phi) is 6.65. The quantitative estimate of drug-likeness (QED) is 0.269. The van der Waals surface area contributed by atoms with Gasteiger partial charge in [-0.15, -0.1) is 0 Å². The molecule has 1 atom stereocenters. The summed E-state index contributed by atoms with van der Waals surface area (Å²) in [6.07, 6.45) is 0. The zero-order chi connectivity index (χ0) is 24.3. The summed E-state index contributed by atoms with van der Waals surface area (Å²) < 4.78 is 4.42. The summed E-state index contributed by atoms with van der Waals surface area (Å²) in [7, 11) is 1.59. The van der Waals surface area contributed by atoms with Crippen LogP contribution in [0.15, 0.2) is 78.2 Å². The Morgan fingerprint density at radius 1 is 1.00 bits per heavy atom. The molecule has 34 heavy (non-hydrogen) atoms. The van der Waals surface area contributed by atoms with Crippen LogP contribution >= 0.6 is 22.9 Å². The van der Waals surface area contributed by atoms with E-state index in [9.17, 15) is 9.59 Å². The van der Waals surface area contributed by atoms with Gasteiger partial charge in [-0.05, 0) is 60.0 Å². The lowest BCUT2D eigenvalue weighted by Gasteiger charge is -2.29. The molecule has 9 heteroatoms. The van der Waals surface area contributed by atoms with Gasteiger partial charge < -0.3 is 10.5 Å². The van der Waals surface area contributed by atoms with Crippen molar-refractivity contribution in [2.75, 3.05) is 7.11 Å². The zero-order valence-corrected chi connectivity index (χ0v) is 20.1. The van der Waals surface area contributed by atoms with Crippen LogP contribution in [0.3, 0.4) is 0 Å². The highest BCUT2D eigenvalue weighted by atomic mass is 35.5. The van der Waals surface area contributed by atoms with Crippen molar-refractivity contribution in [3.05, 3.63) is 94.3 Å². The number of benzene rings is 3. The normalized spacial score (nSPS) is 12.6. The van der Waals surface area contributed by atoms with E-state index in [2.05, 4.69) is 5.43 Å². The molecule has 4 aromatic rings. The maximum Gasteiger partial charge on any atom is 0.451 e. The van der Waals surface area contributed by atoms with Crippen molar-refractivity contribution in [2.24, 2.45) is 5.73 Å². The minimum atomic E-state index is -0.821. The second-order valence-electron chi connectivity index (χ2n) is 7.54. The number of aromatic nitrogens is 1. The van der Waals surface area contributed by atoms with Gasteiger partial charge in [0.05, 0.1) is 12.8 Å². The Hall–Kier alpha value is -3.72. The maximum absolute atomic E-state index is 13.2. The number of nitrogens with one attached hydrogen (secondary N) is 1. The molecule has 0 saturated heterocycles. The molecule has 172 valence electrons. The number of nitrogens with zero attached hydrogens (tertiary/aromatic N) is 2. The third kappa shape index (κ3) is 4.51. The van der Waals surface area contributed by atoms with Crippen molar-refractivity contribution in [3.8, 4) is 17.0 Å². The van der Waals surface area contributed by atoms with Crippen LogP contribution in [0.2, 0.25) is 5.02 Å². The molecule has 3 amide bonds.